The van der Waals surface area contributed by atoms with Crippen molar-refractivity contribution < 1.29 is 27.4 Å². The molecule has 1 atom stereocenters. The Bertz CT molecular complexity index is 1420. The van der Waals surface area contributed by atoms with Gasteiger partial charge in [0.05, 0.1) is 24.4 Å². The maximum Gasteiger partial charge on any atom is 0.340 e. The lowest BCUT2D eigenvalue weighted by Crippen LogP contribution is -2.26. The van der Waals surface area contributed by atoms with Gasteiger partial charge in [0, 0.05) is 19.6 Å². The van der Waals surface area contributed by atoms with E-state index >= 15 is 4.39 Å². The summed E-state index contributed by atoms with van der Waals surface area (Å²) in [5, 5.41) is 0.279. The fourth-order valence-corrected chi connectivity index (χ4v) is 5.98. The zero-order chi connectivity index (χ0) is 28.2. The molecule has 5 rings (SSSR count). The molecule has 0 spiro atoms. The van der Waals surface area contributed by atoms with Gasteiger partial charge < -0.3 is 9.47 Å². The van der Waals surface area contributed by atoms with E-state index in [4.69, 9.17) is 21.1 Å². The van der Waals surface area contributed by atoms with Crippen molar-refractivity contribution in [1.82, 2.24) is 4.90 Å². The summed E-state index contributed by atoms with van der Waals surface area (Å²) < 4.78 is 53.2. The van der Waals surface area contributed by atoms with Crippen LogP contribution in [0.1, 0.15) is 58.3 Å². The molecule has 1 fully saturated rings. The van der Waals surface area contributed by atoms with Gasteiger partial charge in [0.25, 0.3) is 0 Å². The predicted octanol–water partition coefficient (Wildman–Crippen LogP) is 7.51. The first-order chi connectivity index (χ1) is 19.4. The average Bonchev–Trinajstić information content (AvgIpc) is 3.30. The Hall–Kier alpha value is -3.29. The molecule has 3 aromatic rings. The molecule has 0 saturated carbocycles. The van der Waals surface area contributed by atoms with Crippen molar-refractivity contribution in [1.29, 1.82) is 0 Å². The van der Waals surface area contributed by atoms with Crippen LogP contribution in [0, 0.1) is 11.6 Å². The SMILES string of the molecule is COC(=O)c1ccc2c(c1F)CCCC(c1ccc(F)cc1Cl)=C2c1ccc(OC2CCN(CCCF)C2)cc1. The Kier molecular flexibility index (Phi) is 8.81. The topological polar surface area (TPSA) is 38.8 Å². The van der Waals surface area contributed by atoms with Crippen LogP contribution < -0.4 is 4.74 Å². The maximum absolute atomic E-state index is 15.7. The van der Waals surface area contributed by atoms with Gasteiger partial charge >= 0.3 is 5.97 Å². The maximum atomic E-state index is 15.7. The first kappa shape index (κ1) is 28.2. The molecule has 3 aromatic carbocycles. The number of likely N-dealkylation sites (tertiary alicyclic amines) is 1. The quantitative estimate of drug-likeness (QED) is 0.263. The van der Waals surface area contributed by atoms with E-state index in [2.05, 4.69) is 4.90 Å². The number of carbonyl (C=O) groups excluding carboxylic acids is 1. The van der Waals surface area contributed by atoms with Crippen LogP contribution in [0.2, 0.25) is 5.02 Å². The fraction of sp³-hybridized carbons (Fsp3) is 0.344. The number of nitrogens with zero attached hydrogens (tertiary/aromatic N) is 1. The average molecular weight is 570 g/mol. The van der Waals surface area contributed by atoms with Crippen LogP contribution in [0.5, 0.6) is 5.75 Å². The predicted molar refractivity (Wildman–Crippen MR) is 151 cm³/mol. The van der Waals surface area contributed by atoms with Gasteiger partial charge in [0.15, 0.2) is 0 Å². The van der Waals surface area contributed by atoms with Crippen molar-refractivity contribution in [3.8, 4) is 5.75 Å². The molecular weight excluding hydrogens is 539 g/mol. The smallest absolute Gasteiger partial charge is 0.340 e. The Labute approximate surface area is 237 Å². The standard InChI is InChI=1S/C32H31ClF3NO3/c1-39-32(38)28-13-12-26-27(31(28)36)5-2-4-25(24-11-8-21(35)18-29(24)33)30(26)20-6-9-22(10-7-20)40-23-14-17-37(19-23)16-3-15-34/h6-13,18,23H,2-5,14-17,19H2,1H3. The number of hydrogen-bond acceptors (Lipinski definition) is 4. The van der Waals surface area contributed by atoms with E-state index in [9.17, 15) is 13.6 Å². The van der Waals surface area contributed by atoms with Crippen molar-refractivity contribution in [2.75, 3.05) is 33.4 Å². The van der Waals surface area contributed by atoms with Gasteiger partial charge in [-0.3, -0.25) is 9.29 Å². The molecular formula is C32H31ClF3NO3. The van der Waals surface area contributed by atoms with Crippen molar-refractivity contribution in [3.63, 3.8) is 0 Å². The summed E-state index contributed by atoms with van der Waals surface area (Å²) >= 11 is 6.52. The highest BCUT2D eigenvalue weighted by Crippen LogP contribution is 2.43. The molecule has 40 heavy (non-hydrogen) atoms. The zero-order valence-corrected chi connectivity index (χ0v) is 23.1. The molecule has 1 aliphatic carbocycles. The highest BCUT2D eigenvalue weighted by atomic mass is 35.5. The normalized spacial score (nSPS) is 17.5. The van der Waals surface area contributed by atoms with Crippen LogP contribution in [-0.4, -0.2) is 50.4 Å². The van der Waals surface area contributed by atoms with Gasteiger partial charge in [-0.15, -0.1) is 0 Å². The molecule has 1 unspecified atom stereocenters. The number of halogens is 4. The lowest BCUT2D eigenvalue weighted by Gasteiger charge is -2.19. The van der Waals surface area contributed by atoms with Gasteiger partial charge in [0.2, 0.25) is 0 Å². The van der Waals surface area contributed by atoms with E-state index in [1.54, 1.807) is 12.1 Å². The Morgan fingerprint density at radius 1 is 1.05 bits per heavy atom. The summed E-state index contributed by atoms with van der Waals surface area (Å²) in [7, 11) is 1.23. The fourth-order valence-electron chi connectivity index (χ4n) is 5.70. The number of hydrogen-bond donors (Lipinski definition) is 0. The van der Waals surface area contributed by atoms with Gasteiger partial charge in [0.1, 0.15) is 23.5 Å². The molecule has 0 bridgehead atoms. The molecule has 1 aliphatic heterocycles. The number of benzene rings is 3. The molecule has 1 heterocycles. The zero-order valence-electron chi connectivity index (χ0n) is 22.3. The van der Waals surface area contributed by atoms with E-state index in [-0.39, 0.29) is 23.4 Å². The second-order valence-corrected chi connectivity index (χ2v) is 10.6. The lowest BCUT2D eigenvalue weighted by atomic mass is 9.87. The van der Waals surface area contributed by atoms with Crippen LogP contribution in [-0.2, 0) is 11.2 Å². The number of alkyl halides is 1. The summed E-state index contributed by atoms with van der Waals surface area (Å²) in [4.78, 5) is 14.4. The number of fused-ring (bicyclic) bond motifs is 1. The first-order valence-electron chi connectivity index (χ1n) is 13.5. The minimum atomic E-state index is -0.728. The van der Waals surface area contributed by atoms with E-state index in [0.717, 1.165) is 42.8 Å². The largest absolute Gasteiger partial charge is 0.489 e. The number of allylic oxidation sites excluding steroid dienone is 1. The number of rotatable bonds is 8. The van der Waals surface area contributed by atoms with Crippen LogP contribution in [0.25, 0.3) is 11.1 Å². The van der Waals surface area contributed by atoms with Gasteiger partial charge in [-0.25, -0.2) is 13.6 Å². The number of esters is 1. The minimum absolute atomic E-state index is 0.0303. The number of carbonyl (C=O) groups is 1. The van der Waals surface area contributed by atoms with Crippen LogP contribution in [0.3, 0.4) is 0 Å². The minimum Gasteiger partial charge on any atom is -0.489 e. The number of ether oxygens (including phenoxy) is 2. The first-order valence-corrected chi connectivity index (χ1v) is 13.9. The highest BCUT2D eigenvalue weighted by molar-refractivity contribution is 6.32. The second kappa shape index (κ2) is 12.5. The molecule has 2 aliphatic rings. The Morgan fingerprint density at radius 3 is 2.55 bits per heavy atom. The van der Waals surface area contributed by atoms with Gasteiger partial charge in [-0.2, -0.15) is 0 Å². The van der Waals surface area contributed by atoms with Gasteiger partial charge in [-0.05, 0) is 95.8 Å². The summed E-state index contributed by atoms with van der Waals surface area (Å²) in [6.07, 6.45) is 3.05. The van der Waals surface area contributed by atoms with Gasteiger partial charge in [-0.1, -0.05) is 35.9 Å². The van der Waals surface area contributed by atoms with E-state index in [1.165, 1.54) is 25.3 Å². The Morgan fingerprint density at radius 2 is 1.82 bits per heavy atom. The third-order valence-corrected chi connectivity index (χ3v) is 7.92. The molecule has 1 saturated heterocycles. The van der Waals surface area contributed by atoms with Crippen molar-refractivity contribution >= 4 is 28.7 Å². The van der Waals surface area contributed by atoms with Crippen LogP contribution in [0.15, 0.2) is 54.6 Å². The highest BCUT2D eigenvalue weighted by Gasteiger charge is 2.27. The molecule has 0 N–H and O–H groups in total. The molecule has 0 radical (unpaired) electrons. The summed E-state index contributed by atoms with van der Waals surface area (Å²) in [5.74, 6) is -1.04. The molecule has 210 valence electrons. The molecule has 8 heteroatoms. The molecule has 4 nitrogen and oxygen atoms in total. The van der Waals surface area contributed by atoms with E-state index in [0.29, 0.717) is 48.1 Å². The van der Waals surface area contributed by atoms with Crippen LogP contribution >= 0.6 is 11.6 Å². The summed E-state index contributed by atoms with van der Waals surface area (Å²) in [6.45, 7) is 2.05. The Balaban J connectivity index is 1.54. The lowest BCUT2D eigenvalue weighted by molar-refractivity contribution is 0.0595. The summed E-state index contributed by atoms with van der Waals surface area (Å²) in [5.41, 5.74) is 4.15. The van der Waals surface area contributed by atoms with E-state index in [1.807, 2.05) is 24.3 Å². The van der Waals surface area contributed by atoms with Crippen LogP contribution in [0.4, 0.5) is 13.2 Å². The molecule has 0 aromatic heterocycles. The van der Waals surface area contributed by atoms with E-state index < -0.39 is 17.6 Å². The monoisotopic (exact) mass is 569 g/mol. The number of methoxy groups -OCH3 is 1. The second-order valence-electron chi connectivity index (χ2n) is 10.2. The van der Waals surface area contributed by atoms with Crippen molar-refractivity contribution in [2.45, 2.75) is 38.2 Å². The van der Waals surface area contributed by atoms with Crippen molar-refractivity contribution in [2.24, 2.45) is 0 Å². The van der Waals surface area contributed by atoms with Crippen molar-refractivity contribution in [3.05, 3.63) is 99.1 Å². The third-order valence-electron chi connectivity index (χ3n) is 7.61. The molecule has 0 amide bonds. The third kappa shape index (κ3) is 5.91. The summed E-state index contributed by atoms with van der Waals surface area (Å²) in [6, 6.07) is 15.1.